The highest BCUT2D eigenvalue weighted by molar-refractivity contribution is 5.75. The van der Waals surface area contributed by atoms with Crippen molar-refractivity contribution in [2.24, 2.45) is 0 Å². The van der Waals surface area contributed by atoms with Crippen molar-refractivity contribution in [3.05, 3.63) is 0 Å². The molecule has 0 N–H and O–H groups in total. The van der Waals surface area contributed by atoms with Gasteiger partial charge in [-0.05, 0) is 26.7 Å². The molecule has 0 aliphatic carbocycles. The summed E-state index contributed by atoms with van der Waals surface area (Å²) >= 11 is 0. The summed E-state index contributed by atoms with van der Waals surface area (Å²) in [5.41, 5.74) is -0.143. The molecule has 0 bridgehead atoms. The van der Waals surface area contributed by atoms with E-state index in [9.17, 15) is 4.79 Å². The van der Waals surface area contributed by atoms with Gasteiger partial charge in [-0.25, -0.2) is 9.78 Å². The first kappa shape index (κ1) is 9.68. The molecule has 0 spiro atoms. The van der Waals surface area contributed by atoms with E-state index in [0.717, 1.165) is 19.3 Å². The fourth-order valence-electron chi connectivity index (χ4n) is 1.36. The van der Waals surface area contributed by atoms with Crippen molar-refractivity contribution in [3.63, 3.8) is 0 Å². The van der Waals surface area contributed by atoms with Gasteiger partial charge >= 0.3 is 0 Å². The number of carbonyl (C=O) groups excluding carboxylic acids is 1. The number of Topliss-reactive ketones (excluding diaryl/α,β-unsaturated/α-hetero) is 1. The number of ketones is 1. The van der Waals surface area contributed by atoms with Gasteiger partial charge in [-0.1, -0.05) is 0 Å². The highest BCUT2D eigenvalue weighted by Crippen LogP contribution is 2.28. The van der Waals surface area contributed by atoms with Crippen LogP contribution in [0.15, 0.2) is 0 Å². The van der Waals surface area contributed by atoms with Crippen molar-refractivity contribution in [1.29, 1.82) is 0 Å². The van der Waals surface area contributed by atoms with Gasteiger partial charge in [0.2, 0.25) is 0 Å². The zero-order valence-electron chi connectivity index (χ0n) is 7.76. The van der Waals surface area contributed by atoms with E-state index >= 15 is 0 Å². The molecule has 70 valence electrons. The Labute approximate surface area is 73.0 Å². The molecule has 1 fully saturated rings. The lowest BCUT2D eigenvalue weighted by atomic mass is 9.96. The lowest BCUT2D eigenvalue weighted by Crippen LogP contribution is -2.22. The van der Waals surface area contributed by atoms with Crippen LogP contribution < -0.4 is 0 Å². The highest BCUT2D eigenvalue weighted by atomic mass is 17.2. The molecule has 0 aromatic carbocycles. The van der Waals surface area contributed by atoms with Gasteiger partial charge < -0.3 is 4.79 Å². The van der Waals surface area contributed by atoms with Crippen LogP contribution in [-0.2, 0) is 14.6 Å². The molecule has 0 radical (unpaired) electrons. The van der Waals surface area contributed by atoms with Crippen LogP contribution >= 0.6 is 0 Å². The number of carbonyl (C=O) groups is 1. The van der Waals surface area contributed by atoms with Crippen LogP contribution in [0.5, 0.6) is 0 Å². The molecule has 0 aromatic rings. The third-order valence-electron chi connectivity index (χ3n) is 2.21. The Morgan fingerprint density at radius 2 is 2.33 bits per heavy atom. The lowest BCUT2D eigenvalue weighted by Gasteiger charge is -2.18. The van der Waals surface area contributed by atoms with Crippen molar-refractivity contribution in [1.82, 2.24) is 0 Å². The Morgan fingerprint density at radius 3 is 2.83 bits per heavy atom. The summed E-state index contributed by atoms with van der Waals surface area (Å²) in [7, 11) is 0. The molecule has 12 heavy (non-hydrogen) atoms. The molecule has 1 heterocycles. The van der Waals surface area contributed by atoms with Gasteiger partial charge in [-0.3, -0.25) is 0 Å². The normalized spacial score (nSPS) is 29.2. The molecule has 1 saturated heterocycles. The molecule has 1 atom stereocenters. The number of hydrogen-bond donors (Lipinski definition) is 0. The first-order chi connectivity index (χ1) is 5.62. The lowest BCUT2D eigenvalue weighted by molar-refractivity contribution is -0.305. The van der Waals surface area contributed by atoms with Gasteiger partial charge in [0.1, 0.15) is 11.4 Å². The average molecular weight is 172 g/mol. The second kappa shape index (κ2) is 4.01. The zero-order valence-corrected chi connectivity index (χ0v) is 7.76. The van der Waals surface area contributed by atoms with Gasteiger partial charge in [0.25, 0.3) is 0 Å². The van der Waals surface area contributed by atoms with E-state index in [1.165, 1.54) is 0 Å². The van der Waals surface area contributed by atoms with Crippen molar-refractivity contribution < 1.29 is 14.6 Å². The molecule has 0 saturated carbocycles. The van der Waals surface area contributed by atoms with E-state index in [0.29, 0.717) is 13.0 Å². The van der Waals surface area contributed by atoms with Crippen molar-refractivity contribution in [2.45, 2.75) is 45.1 Å². The second-order valence-electron chi connectivity index (χ2n) is 3.66. The quantitative estimate of drug-likeness (QED) is 0.607. The molecule has 0 amide bonds. The molecule has 3 heteroatoms. The van der Waals surface area contributed by atoms with Crippen LogP contribution in [0.25, 0.3) is 0 Å². The maximum Gasteiger partial charge on any atom is 0.129 e. The predicted octanol–water partition coefficient (Wildman–Crippen LogP) is 1.86. The summed E-state index contributed by atoms with van der Waals surface area (Å²) in [6.07, 6.45) is 3.39. The van der Waals surface area contributed by atoms with Crippen LogP contribution in [0.1, 0.15) is 39.5 Å². The molecule has 3 nitrogen and oxygen atoms in total. The summed E-state index contributed by atoms with van der Waals surface area (Å²) in [5, 5.41) is 0. The predicted molar refractivity (Wildman–Crippen MR) is 44.6 cm³/mol. The maximum atomic E-state index is 10.6. The van der Waals surface area contributed by atoms with Crippen molar-refractivity contribution >= 4 is 5.78 Å². The van der Waals surface area contributed by atoms with E-state index in [1.807, 2.05) is 6.92 Å². The summed E-state index contributed by atoms with van der Waals surface area (Å²) in [6.45, 7) is 4.32. The van der Waals surface area contributed by atoms with E-state index in [2.05, 4.69) is 0 Å². The van der Waals surface area contributed by atoms with E-state index in [-0.39, 0.29) is 11.4 Å². The van der Waals surface area contributed by atoms with Gasteiger partial charge in [0.15, 0.2) is 0 Å². The highest BCUT2D eigenvalue weighted by Gasteiger charge is 2.31. The first-order valence-corrected chi connectivity index (χ1v) is 4.42. The number of hydrogen-bond acceptors (Lipinski definition) is 3. The Bertz CT molecular complexity index is 159. The smallest absolute Gasteiger partial charge is 0.129 e. The van der Waals surface area contributed by atoms with Gasteiger partial charge in [-0.2, -0.15) is 0 Å². The Hall–Kier alpha value is -0.410. The molecule has 0 aromatic heterocycles. The topological polar surface area (TPSA) is 35.5 Å². The summed E-state index contributed by atoms with van der Waals surface area (Å²) in [5.74, 6) is 0.248. The maximum absolute atomic E-state index is 10.6. The minimum Gasteiger partial charge on any atom is -0.300 e. The number of rotatable bonds is 4. The van der Waals surface area contributed by atoms with Crippen LogP contribution in [0.3, 0.4) is 0 Å². The fourth-order valence-corrected chi connectivity index (χ4v) is 1.36. The summed E-state index contributed by atoms with van der Waals surface area (Å²) < 4.78 is 0. The van der Waals surface area contributed by atoms with Gasteiger partial charge in [0, 0.05) is 12.8 Å². The minimum absolute atomic E-state index is 0.143. The monoisotopic (exact) mass is 172 g/mol. The SMILES string of the molecule is CC(=O)CCCC1(C)CCOO1. The van der Waals surface area contributed by atoms with Gasteiger partial charge in [-0.15, -0.1) is 0 Å². The second-order valence-corrected chi connectivity index (χ2v) is 3.66. The largest absolute Gasteiger partial charge is 0.300 e. The van der Waals surface area contributed by atoms with Crippen molar-refractivity contribution in [2.75, 3.05) is 6.61 Å². The molecular formula is C9H16O3. The van der Waals surface area contributed by atoms with Crippen LogP contribution in [0, 0.1) is 0 Å². The first-order valence-electron chi connectivity index (χ1n) is 4.42. The van der Waals surface area contributed by atoms with Crippen molar-refractivity contribution in [3.8, 4) is 0 Å². The van der Waals surface area contributed by atoms with E-state index < -0.39 is 0 Å². The van der Waals surface area contributed by atoms with Gasteiger partial charge in [0.05, 0.1) is 6.61 Å². The summed E-state index contributed by atoms with van der Waals surface area (Å²) in [6, 6.07) is 0. The minimum atomic E-state index is -0.143. The molecule has 1 rings (SSSR count). The van der Waals surface area contributed by atoms with Crippen LogP contribution in [0.2, 0.25) is 0 Å². The molecular weight excluding hydrogens is 156 g/mol. The Balaban J connectivity index is 2.17. The Morgan fingerprint density at radius 1 is 1.58 bits per heavy atom. The fraction of sp³-hybridized carbons (Fsp3) is 0.889. The molecule has 1 aliphatic rings. The third kappa shape index (κ3) is 2.91. The average Bonchev–Trinajstić information content (AvgIpc) is 2.35. The standard InChI is InChI=1S/C9H16O3/c1-8(10)4-3-5-9(2)6-7-11-12-9/h3-7H2,1-2H3. The van der Waals surface area contributed by atoms with E-state index in [1.54, 1.807) is 6.92 Å². The van der Waals surface area contributed by atoms with E-state index in [4.69, 9.17) is 9.78 Å². The Kier molecular flexibility index (Phi) is 3.23. The van der Waals surface area contributed by atoms with Crippen LogP contribution in [-0.4, -0.2) is 18.0 Å². The summed E-state index contributed by atoms with van der Waals surface area (Å²) in [4.78, 5) is 20.6. The third-order valence-corrected chi connectivity index (χ3v) is 2.21. The molecule has 1 unspecified atom stereocenters. The zero-order chi connectivity index (χ0) is 9.03. The molecule has 1 aliphatic heterocycles. The van der Waals surface area contributed by atoms with Crippen LogP contribution in [0.4, 0.5) is 0 Å².